The maximum absolute atomic E-state index is 12.8. The second kappa shape index (κ2) is 8.53. The molecule has 0 heterocycles. The fraction of sp³-hybridized carbons (Fsp3) is 0.167. The Bertz CT molecular complexity index is 996. The highest BCUT2D eigenvalue weighted by molar-refractivity contribution is 6.14. The van der Waals surface area contributed by atoms with E-state index in [1.165, 1.54) is 0 Å². The van der Waals surface area contributed by atoms with E-state index in [2.05, 4.69) is 5.32 Å². The maximum atomic E-state index is 12.8. The van der Waals surface area contributed by atoms with Gasteiger partial charge in [0, 0.05) is 11.1 Å². The molecule has 3 aromatic carbocycles. The minimum Gasteiger partial charge on any atom is -0.481 e. The first-order valence-corrected chi connectivity index (χ1v) is 9.19. The fourth-order valence-electron chi connectivity index (χ4n) is 2.95. The molecule has 0 aliphatic rings. The third-order valence-electron chi connectivity index (χ3n) is 4.47. The first-order valence-electron chi connectivity index (χ1n) is 9.19. The lowest BCUT2D eigenvalue weighted by Gasteiger charge is -2.17. The molecule has 0 radical (unpaired) electrons. The predicted molar refractivity (Wildman–Crippen MR) is 111 cm³/mol. The van der Waals surface area contributed by atoms with Crippen LogP contribution in [0.5, 0.6) is 5.75 Å². The third-order valence-corrected chi connectivity index (χ3v) is 4.47. The molecule has 0 saturated heterocycles. The van der Waals surface area contributed by atoms with Crippen molar-refractivity contribution in [1.82, 2.24) is 0 Å². The number of nitrogens with one attached hydrogen (secondary N) is 1. The highest BCUT2D eigenvalue weighted by atomic mass is 16.5. The van der Waals surface area contributed by atoms with Crippen molar-refractivity contribution in [3.05, 3.63) is 95.1 Å². The summed E-state index contributed by atoms with van der Waals surface area (Å²) in [5.74, 6) is 0.217. The summed E-state index contributed by atoms with van der Waals surface area (Å²) < 4.78 is 5.82. The van der Waals surface area contributed by atoms with Gasteiger partial charge in [-0.1, -0.05) is 60.2 Å². The molecule has 0 aromatic heterocycles. The zero-order chi connectivity index (χ0) is 20.1. The molecule has 142 valence electrons. The smallest absolute Gasteiger partial charge is 0.265 e. The van der Waals surface area contributed by atoms with Crippen molar-refractivity contribution in [1.29, 1.82) is 0 Å². The van der Waals surface area contributed by atoms with E-state index < -0.39 is 6.10 Å². The SMILES string of the molecule is Cc1ccc(OC(C)C(=O)Nc2ccccc2C(=O)c2ccccc2)c(C)c1. The number of aryl methyl sites for hydroxylation is 2. The van der Waals surface area contributed by atoms with Crippen molar-refractivity contribution in [3.63, 3.8) is 0 Å². The number of anilines is 1. The van der Waals surface area contributed by atoms with Gasteiger partial charge in [-0.15, -0.1) is 0 Å². The lowest BCUT2D eigenvalue weighted by atomic mass is 10.0. The Labute approximate surface area is 165 Å². The van der Waals surface area contributed by atoms with Crippen LogP contribution < -0.4 is 10.1 Å². The summed E-state index contributed by atoms with van der Waals surface area (Å²) in [5, 5.41) is 2.83. The zero-order valence-electron chi connectivity index (χ0n) is 16.2. The minimum absolute atomic E-state index is 0.139. The number of hydrogen-bond donors (Lipinski definition) is 1. The average Bonchev–Trinajstić information content (AvgIpc) is 2.70. The van der Waals surface area contributed by atoms with E-state index in [0.29, 0.717) is 22.6 Å². The van der Waals surface area contributed by atoms with E-state index in [0.717, 1.165) is 11.1 Å². The van der Waals surface area contributed by atoms with Crippen LogP contribution in [-0.4, -0.2) is 17.8 Å². The molecule has 1 atom stereocenters. The number of carbonyl (C=O) groups is 2. The maximum Gasteiger partial charge on any atom is 0.265 e. The van der Waals surface area contributed by atoms with E-state index in [-0.39, 0.29) is 11.7 Å². The highest BCUT2D eigenvalue weighted by Gasteiger charge is 2.19. The number of ketones is 1. The van der Waals surface area contributed by atoms with Crippen LogP contribution in [0.4, 0.5) is 5.69 Å². The van der Waals surface area contributed by atoms with E-state index >= 15 is 0 Å². The number of carbonyl (C=O) groups excluding carboxylic acids is 2. The fourth-order valence-corrected chi connectivity index (χ4v) is 2.95. The number of para-hydroxylation sites is 1. The van der Waals surface area contributed by atoms with Gasteiger partial charge >= 0.3 is 0 Å². The van der Waals surface area contributed by atoms with E-state index in [9.17, 15) is 9.59 Å². The van der Waals surface area contributed by atoms with Crippen LogP contribution in [0.1, 0.15) is 34.0 Å². The molecule has 28 heavy (non-hydrogen) atoms. The highest BCUT2D eigenvalue weighted by Crippen LogP contribution is 2.22. The number of amides is 1. The molecule has 0 bridgehead atoms. The predicted octanol–water partition coefficient (Wildman–Crippen LogP) is 4.94. The quantitative estimate of drug-likeness (QED) is 0.623. The van der Waals surface area contributed by atoms with Gasteiger partial charge in [0.25, 0.3) is 5.91 Å². The van der Waals surface area contributed by atoms with Crippen molar-refractivity contribution >= 4 is 17.4 Å². The van der Waals surface area contributed by atoms with Crippen LogP contribution in [-0.2, 0) is 4.79 Å². The van der Waals surface area contributed by atoms with Crippen molar-refractivity contribution in [2.75, 3.05) is 5.32 Å². The normalized spacial score (nSPS) is 11.5. The third kappa shape index (κ3) is 4.46. The Balaban J connectivity index is 1.76. The second-order valence-corrected chi connectivity index (χ2v) is 6.76. The van der Waals surface area contributed by atoms with Crippen LogP contribution in [0.2, 0.25) is 0 Å². The van der Waals surface area contributed by atoms with Crippen LogP contribution in [0.25, 0.3) is 0 Å². The average molecular weight is 373 g/mol. The zero-order valence-corrected chi connectivity index (χ0v) is 16.2. The van der Waals surface area contributed by atoms with E-state index in [1.54, 1.807) is 43.3 Å². The largest absolute Gasteiger partial charge is 0.481 e. The summed E-state index contributed by atoms with van der Waals surface area (Å²) >= 11 is 0. The molecule has 0 saturated carbocycles. The Kier molecular flexibility index (Phi) is 5.90. The summed E-state index contributed by atoms with van der Waals surface area (Å²) in [6.45, 7) is 5.64. The molecule has 1 unspecified atom stereocenters. The molecule has 3 aromatic rings. The van der Waals surface area contributed by atoms with Gasteiger partial charge in [0.1, 0.15) is 5.75 Å². The van der Waals surface area contributed by atoms with E-state index in [1.807, 2.05) is 50.2 Å². The van der Waals surface area contributed by atoms with Gasteiger partial charge in [-0.25, -0.2) is 0 Å². The Morgan fingerprint density at radius 3 is 2.29 bits per heavy atom. The summed E-state index contributed by atoms with van der Waals surface area (Å²) in [6, 6.07) is 21.8. The molecule has 1 amide bonds. The molecule has 0 spiro atoms. The monoisotopic (exact) mass is 373 g/mol. The number of ether oxygens (including phenoxy) is 1. The number of benzene rings is 3. The van der Waals surface area contributed by atoms with E-state index in [4.69, 9.17) is 4.74 Å². The van der Waals surface area contributed by atoms with Gasteiger partial charge in [0.15, 0.2) is 11.9 Å². The van der Waals surface area contributed by atoms with Gasteiger partial charge in [0.2, 0.25) is 0 Å². The summed E-state index contributed by atoms with van der Waals surface area (Å²) in [6.07, 6.45) is -0.707. The van der Waals surface area contributed by atoms with Gasteiger partial charge in [0.05, 0.1) is 5.69 Å². The Morgan fingerprint density at radius 2 is 1.57 bits per heavy atom. The standard InChI is InChI=1S/C24H23NO3/c1-16-13-14-22(17(2)15-16)28-18(3)24(27)25-21-12-8-7-11-20(21)23(26)19-9-5-4-6-10-19/h4-15,18H,1-3H3,(H,25,27). The lowest BCUT2D eigenvalue weighted by Crippen LogP contribution is -2.31. The summed E-state index contributed by atoms with van der Waals surface area (Å²) in [4.78, 5) is 25.5. The second-order valence-electron chi connectivity index (χ2n) is 6.76. The Hall–Kier alpha value is -3.40. The first kappa shape index (κ1) is 19.4. The molecular formula is C24H23NO3. The van der Waals surface area contributed by atoms with Crippen molar-refractivity contribution in [2.24, 2.45) is 0 Å². The minimum atomic E-state index is -0.707. The molecule has 4 nitrogen and oxygen atoms in total. The lowest BCUT2D eigenvalue weighted by molar-refractivity contribution is -0.122. The first-order chi connectivity index (χ1) is 13.5. The van der Waals surface area contributed by atoms with Gasteiger partial charge in [-0.2, -0.15) is 0 Å². The molecular weight excluding hydrogens is 350 g/mol. The molecule has 3 rings (SSSR count). The van der Waals surface area contributed by atoms with Crippen molar-refractivity contribution < 1.29 is 14.3 Å². The van der Waals surface area contributed by atoms with Gasteiger partial charge in [-0.05, 0) is 44.5 Å². The van der Waals surface area contributed by atoms with Crippen LogP contribution in [0, 0.1) is 13.8 Å². The summed E-state index contributed by atoms with van der Waals surface area (Å²) in [5.41, 5.74) is 3.59. The van der Waals surface area contributed by atoms with Crippen molar-refractivity contribution in [3.8, 4) is 5.75 Å². The van der Waals surface area contributed by atoms with Crippen LogP contribution >= 0.6 is 0 Å². The van der Waals surface area contributed by atoms with Crippen molar-refractivity contribution in [2.45, 2.75) is 26.9 Å². The topological polar surface area (TPSA) is 55.4 Å². The number of hydrogen-bond acceptors (Lipinski definition) is 3. The van der Waals surface area contributed by atoms with Gasteiger partial charge < -0.3 is 10.1 Å². The molecule has 1 N–H and O–H groups in total. The van der Waals surface area contributed by atoms with Crippen LogP contribution in [0.15, 0.2) is 72.8 Å². The molecule has 0 fully saturated rings. The summed E-state index contributed by atoms with van der Waals surface area (Å²) in [7, 11) is 0. The molecule has 0 aliphatic carbocycles. The van der Waals surface area contributed by atoms with Crippen LogP contribution in [0.3, 0.4) is 0 Å². The molecule has 4 heteroatoms. The number of rotatable bonds is 6. The molecule has 0 aliphatic heterocycles. The Morgan fingerprint density at radius 1 is 0.893 bits per heavy atom. The van der Waals surface area contributed by atoms with Gasteiger partial charge in [-0.3, -0.25) is 9.59 Å².